The molecule has 1 aromatic heterocycles. The van der Waals surface area contributed by atoms with Crippen LogP contribution in [0, 0.1) is 11.3 Å². The van der Waals surface area contributed by atoms with Gasteiger partial charge in [0.15, 0.2) is 0 Å². The number of likely N-dealkylation sites (tertiary alicyclic amines) is 2. The van der Waals surface area contributed by atoms with Gasteiger partial charge in [0.25, 0.3) is 11.5 Å². The van der Waals surface area contributed by atoms with E-state index in [4.69, 9.17) is 0 Å². The Hall–Kier alpha value is -3.17. The Morgan fingerprint density at radius 2 is 2.04 bits per heavy atom. The van der Waals surface area contributed by atoms with E-state index in [1.807, 2.05) is 4.98 Å². The van der Waals surface area contributed by atoms with Crippen LogP contribution in [-0.4, -0.2) is 68.8 Å². The second-order valence-corrected chi connectivity index (χ2v) is 6.21. The van der Waals surface area contributed by atoms with Gasteiger partial charge < -0.3 is 19.9 Å². The van der Waals surface area contributed by atoms with Gasteiger partial charge in [0.05, 0.1) is 5.92 Å². The van der Waals surface area contributed by atoms with Crippen molar-refractivity contribution < 1.29 is 19.5 Å². The molecule has 3 N–H and O–H groups in total. The van der Waals surface area contributed by atoms with E-state index < -0.39 is 34.5 Å². The van der Waals surface area contributed by atoms with E-state index in [-0.39, 0.29) is 37.8 Å². The second-order valence-electron chi connectivity index (χ2n) is 6.21. The van der Waals surface area contributed by atoms with Crippen molar-refractivity contribution in [3.05, 3.63) is 45.3 Å². The second kappa shape index (κ2) is 5.72. The number of hydrogen-bond acceptors (Lipinski definition) is 5. The molecule has 2 saturated heterocycles. The van der Waals surface area contributed by atoms with Crippen molar-refractivity contribution in [1.82, 2.24) is 19.8 Å². The number of carboxylic acid groups (broad SMARTS) is 1. The molecule has 10 nitrogen and oxygen atoms in total. The minimum atomic E-state index is -1.41. The first-order chi connectivity index (χ1) is 11.8. The molecule has 0 aliphatic carbocycles. The zero-order valence-corrected chi connectivity index (χ0v) is 13.2. The van der Waals surface area contributed by atoms with Crippen LogP contribution in [0.3, 0.4) is 0 Å². The third kappa shape index (κ3) is 2.55. The Bertz CT molecular complexity index is 858. The Balaban J connectivity index is 1.91. The molecule has 2 atom stereocenters. The number of aromatic nitrogens is 2. The van der Waals surface area contributed by atoms with Gasteiger partial charge in [-0.05, 0) is 0 Å². The molecule has 25 heavy (non-hydrogen) atoms. The summed E-state index contributed by atoms with van der Waals surface area (Å²) in [6, 6.07) is 0.928. The van der Waals surface area contributed by atoms with Crippen molar-refractivity contribution in [2.75, 3.05) is 26.2 Å². The predicted molar refractivity (Wildman–Crippen MR) is 83.9 cm³/mol. The number of aromatic amines is 2. The maximum Gasteiger partial charge on any atom is 0.326 e. The Morgan fingerprint density at radius 3 is 2.60 bits per heavy atom. The largest absolute Gasteiger partial charge is 0.481 e. The summed E-state index contributed by atoms with van der Waals surface area (Å²) in [5, 5.41) is 9.68. The molecule has 132 valence electrons. The van der Waals surface area contributed by atoms with E-state index in [1.54, 1.807) is 0 Å². The summed E-state index contributed by atoms with van der Waals surface area (Å²) in [7, 11) is 0. The van der Waals surface area contributed by atoms with E-state index >= 15 is 0 Å². The van der Waals surface area contributed by atoms with Crippen molar-refractivity contribution in [3.63, 3.8) is 0 Å². The van der Waals surface area contributed by atoms with Gasteiger partial charge in [-0.3, -0.25) is 24.2 Å². The fourth-order valence-corrected chi connectivity index (χ4v) is 3.53. The fraction of sp³-hybridized carbons (Fsp3) is 0.400. The van der Waals surface area contributed by atoms with Crippen LogP contribution in [0.5, 0.6) is 0 Å². The Labute approximate surface area is 140 Å². The number of aliphatic carboxylic acids is 1. The van der Waals surface area contributed by atoms with Crippen LogP contribution in [0.1, 0.15) is 10.5 Å². The van der Waals surface area contributed by atoms with Gasteiger partial charge in [0, 0.05) is 32.2 Å². The fourth-order valence-electron chi connectivity index (χ4n) is 3.53. The zero-order valence-electron chi connectivity index (χ0n) is 13.2. The zero-order chi connectivity index (χ0) is 18.4. The minimum Gasteiger partial charge on any atom is -0.481 e. The number of fused-ring (bicyclic) bond motifs is 1. The highest BCUT2D eigenvalue weighted by Crippen LogP contribution is 2.43. The lowest BCUT2D eigenvalue weighted by atomic mass is 9.81. The minimum absolute atomic E-state index is 0.0203. The lowest BCUT2D eigenvalue weighted by Gasteiger charge is -2.24. The van der Waals surface area contributed by atoms with Gasteiger partial charge in [-0.1, -0.05) is 6.08 Å². The first-order valence-electron chi connectivity index (χ1n) is 7.54. The average Bonchev–Trinajstić information content (AvgIpc) is 3.03. The molecule has 0 saturated carbocycles. The molecule has 0 unspecified atom stereocenters. The molecule has 2 aliphatic rings. The van der Waals surface area contributed by atoms with Crippen molar-refractivity contribution in [2.45, 2.75) is 0 Å². The summed E-state index contributed by atoms with van der Waals surface area (Å²) in [6.07, 6.45) is 1.51. The van der Waals surface area contributed by atoms with Gasteiger partial charge >= 0.3 is 11.7 Å². The Kier molecular flexibility index (Phi) is 3.82. The summed E-state index contributed by atoms with van der Waals surface area (Å²) in [6.45, 7) is 3.49. The van der Waals surface area contributed by atoms with E-state index in [0.717, 1.165) is 6.07 Å². The molecule has 3 rings (SSSR count). The number of nitrogens with one attached hydrogen (secondary N) is 2. The molecule has 0 radical (unpaired) electrons. The van der Waals surface area contributed by atoms with Crippen molar-refractivity contribution in [3.8, 4) is 0 Å². The first-order valence-corrected chi connectivity index (χ1v) is 7.54. The third-order valence-corrected chi connectivity index (χ3v) is 4.68. The maximum absolute atomic E-state index is 12.5. The SMILES string of the molecule is C=CCN1C[C@]2(C(=O)O)CN(C(=O)c3cc(=O)[nH]c(=O)[nH]3)C[C@@H]2C1=O. The molecular weight excluding hydrogens is 332 g/mol. The highest BCUT2D eigenvalue weighted by Gasteiger charge is 2.62. The molecule has 0 aromatic carbocycles. The van der Waals surface area contributed by atoms with Crippen molar-refractivity contribution in [2.24, 2.45) is 11.3 Å². The topological polar surface area (TPSA) is 144 Å². The van der Waals surface area contributed by atoms with Gasteiger partial charge in [0.2, 0.25) is 5.91 Å². The molecule has 3 heterocycles. The predicted octanol–water partition coefficient (Wildman–Crippen LogP) is -1.77. The summed E-state index contributed by atoms with van der Waals surface area (Å²) >= 11 is 0. The number of amides is 2. The number of carboxylic acids is 1. The average molecular weight is 348 g/mol. The van der Waals surface area contributed by atoms with E-state index in [0.29, 0.717) is 0 Å². The quantitative estimate of drug-likeness (QED) is 0.550. The Morgan fingerprint density at radius 1 is 1.32 bits per heavy atom. The van der Waals surface area contributed by atoms with Crippen LogP contribution in [0.4, 0.5) is 0 Å². The molecular formula is C15H16N4O6. The molecule has 2 amide bonds. The number of carbonyl (C=O) groups excluding carboxylic acids is 2. The molecule has 10 heteroatoms. The lowest BCUT2D eigenvalue weighted by Crippen LogP contribution is -2.42. The van der Waals surface area contributed by atoms with E-state index in [1.165, 1.54) is 15.9 Å². The summed E-state index contributed by atoms with van der Waals surface area (Å²) in [4.78, 5) is 66.3. The van der Waals surface area contributed by atoms with Crippen molar-refractivity contribution >= 4 is 17.8 Å². The number of hydrogen-bond donors (Lipinski definition) is 3. The van der Waals surface area contributed by atoms with Crippen LogP contribution < -0.4 is 11.2 Å². The normalized spacial score (nSPS) is 25.1. The van der Waals surface area contributed by atoms with Gasteiger partial charge in [0.1, 0.15) is 11.1 Å². The van der Waals surface area contributed by atoms with Crippen LogP contribution in [0.2, 0.25) is 0 Å². The monoisotopic (exact) mass is 348 g/mol. The molecule has 2 fully saturated rings. The van der Waals surface area contributed by atoms with Gasteiger partial charge in [-0.15, -0.1) is 6.58 Å². The van der Waals surface area contributed by atoms with Crippen molar-refractivity contribution in [1.29, 1.82) is 0 Å². The highest BCUT2D eigenvalue weighted by molar-refractivity contribution is 5.97. The van der Waals surface area contributed by atoms with E-state index in [2.05, 4.69) is 11.6 Å². The summed E-state index contributed by atoms with van der Waals surface area (Å²) in [5.74, 6) is -3.08. The number of carbonyl (C=O) groups is 3. The lowest BCUT2D eigenvalue weighted by molar-refractivity contribution is -0.149. The molecule has 0 bridgehead atoms. The number of rotatable bonds is 4. The molecule has 2 aliphatic heterocycles. The van der Waals surface area contributed by atoms with Crippen LogP contribution in [0.25, 0.3) is 0 Å². The number of H-pyrrole nitrogens is 2. The van der Waals surface area contributed by atoms with Gasteiger partial charge in [-0.2, -0.15) is 0 Å². The molecule has 1 aromatic rings. The van der Waals surface area contributed by atoms with E-state index in [9.17, 15) is 29.1 Å². The highest BCUT2D eigenvalue weighted by atomic mass is 16.4. The van der Waals surface area contributed by atoms with Crippen LogP contribution >= 0.6 is 0 Å². The van der Waals surface area contributed by atoms with Crippen LogP contribution in [-0.2, 0) is 9.59 Å². The smallest absolute Gasteiger partial charge is 0.326 e. The van der Waals surface area contributed by atoms with Crippen LogP contribution in [0.15, 0.2) is 28.3 Å². The summed E-state index contributed by atoms with van der Waals surface area (Å²) in [5.41, 5.74) is -3.23. The summed E-state index contributed by atoms with van der Waals surface area (Å²) < 4.78 is 0. The molecule has 0 spiro atoms. The first kappa shape index (κ1) is 16.7. The van der Waals surface area contributed by atoms with Gasteiger partial charge in [-0.25, -0.2) is 4.79 Å². The number of nitrogens with zero attached hydrogens (tertiary/aromatic N) is 2. The third-order valence-electron chi connectivity index (χ3n) is 4.68. The standard InChI is InChI=1S/C15H16N4O6/c1-2-3-18-6-15(13(23)24)7-19(5-8(15)11(18)21)12(22)9-4-10(20)17-14(25)16-9/h2,4,8H,1,3,5-7H2,(H,23,24)(H2,16,17,20,25)/t8-,15+/m1/s1. The maximum atomic E-state index is 12.5.